The van der Waals surface area contributed by atoms with E-state index >= 15 is 0 Å². The largest absolute Gasteiger partial charge is 0.352 e. The number of nitrogens with one attached hydrogen (secondary N) is 3. The Morgan fingerprint density at radius 2 is 1.96 bits per heavy atom. The van der Waals surface area contributed by atoms with Gasteiger partial charge in [0.2, 0.25) is 5.91 Å². The van der Waals surface area contributed by atoms with E-state index in [4.69, 9.17) is 0 Å². The molecule has 0 spiro atoms. The van der Waals surface area contributed by atoms with Crippen molar-refractivity contribution in [2.45, 2.75) is 4.21 Å². The molecular weight excluding hydrogens is 378 g/mol. The van der Waals surface area contributed by atoms with Crippen molar-refractivity contribution >= 4 is 53.0 Å². The molecule has 2 amide bonds. The molecule has 1 fully saturated rings. The fourth-order valence-corrected chi connectivity index (χ4v) is 3.80. The lowest BCUT2D eigenvalue weighted by molar-refractivity contribution is -0.113. The standard InChI is InChI=1S/C17H19N3O2S2.ClH/c21-15(11-24-16-2-1-7-23-16)20-14-5-3-13(4-6-14)17(22)19-10-12-8-18-9-12;/h1-7,12,18H,8-11H2,(H,19,22)(H,20,21);1H. The second-order valence-corrected chi connectivity index (χ2v) is 7.80. The molecule has 3 N–H and O–H groups in total. The van der Waals surface area contributed by atoms with E-state index in [1.807, 2.05) is 17.5 Å². The topological polar surface area (TPSA) is 70.2 Å². The number of rotatable bonds is 7. The van der Waals surface area contributed by atoms with E-state index in [-0.39, 0.29) is 24.2 Å². The Morgan fingerprint density at radius 3 is 2.56 bits per heavy atom. The van der Waals surface area contributed by atoms with Gasteiger partial charge in [0.25, 0.3) is 5.91 Å². The lowest BCUT2D eigenvalue weighted by atomic mass is 10.0. The van der Waals surface area contributed by atoms with Crippen molar-refractivity contribution < 1.29 is 9.59 Å². The SMILES string of the molecule is Cl.O=C(CSc1cccs1)Nc1ccc(C(=O)NCC2CNC2)cc1. The lowest BCUT2D eigenvalue weighted by Gasteiger charge is -2.27. The van der Waals surface area contributed by atoms with Gasteiger partial charge in [0.1, 0.15) is 0 Å². The van der Waals surface area contributed by atoms with Crippen molar-refractivity contribution in [1.29, 1.82) is 0 Å². The monoisotopic (exact) mass is 397 g/mol. The van der Waals surface area contributed by atoms with Crippen molar-refractivity contribution in [3.05, 3.63) is 47.3 Å². The molecular formula is C17H20ClN3O2S2. The molecule has 0 atom stereocenters. The van der Waals surface area contributed by atoms with Crippen molar-refractivity contribution in [2.24, 2.45) is 5.92 Å². The van der Waals surface area contributed by atoms with Gasteiger partial charge in [-0.3, -0.25) is 9.59 Å². The normalized spacial score (nSPS) is 13.4. The van der Waals surface area contributed by atoms with Gasteiger partial charge in [-0.25, -0.2) is 0 Å². The number of carbonyl (C=O) groups is 2. The third-order valence-electron chi connectivity index (χ3n) is 3.69. The van der Waals surface area contributed by atoms with Crippen molar-refractivity contribution in [2.75, 3.05) is 30.7 Å². The first-order valence-electron chi connectivity index (χ1n) is 7.76. The zero-order valence-electron chi connectivity index (χ0n) is 13.5. The van der Waals surface area contributed by atoms with Crippen LogP contribution in [0, 0.1) is 5.92 Å². The zero-order chi connectivity index (χ0) is 16.8. The summed E-state index contributed by atoms with van der Waals surface area (Å²) in [7, 11) is 0. The molecule has 5 nitrogen and oxygen atoms in total. The quantitative estimate of drug-likeness (QED) is 0.628. The predicted octanol–water partition coefficient (Wildman–Crippen LogP) is 2.85. The molecule has 1 aliphatic rings. The highest BCUT2D eigenvalue weighted by Gasteiger charge is 2.17. The number of amides is 2. The second-order valence-electron chi connectivity index (χ2n) is 5.58. The Morgan fingerprint density at radius 1 is 1.20 bits per heavy atom. The first-order valence-corrected chi connectivity index (χ1v) is 9.62. The Hall–Kier alpha value is -1.54. The summed E-state index contributed by atoms with van der Waals surface area (Å²) in [5.41, 5.74) is 1.31. The third kappa shape index (κ3) is 6.04. The fraction of sp³-hybridized carbons (Fsp3) is 0.294. The van der Waals surface area contributed by atoms with Gasteiger partial charge in [0.15, 0.2) is 0 Å². The van der Waals surface area contributed by atoms with Gasteiger partial charge in [0, 0.05) is 36.8 Å². The molecule has 1 aromatic heterocycles. The maximum atomic E-state index is 12.0. The van der Waals surface area contributed by atoms with Gasteiger partial charge in [-0.05, 0) is 35.7 Å². The van der Waals surface area contributed by atoms with Crippen LogP contribution in [-0.4, -0.2) is 37.2 Å². The minimum Gasteiger partial charge on any atom is -0.352 e. The number of hydrogen-bond acceptors (Lipinski definition) is 5. The van der Waals surface area contributed by atoms with E-state index in [9.17, 15) is 9.59 Å². The summed E-state index contributed by atoms with van der Waals surface area (Å²) in [6.07, 6.45) is 0. The molecule has 2 aromatic rings. The molecule has 3 rings (SSSR count). The Labute approximate surface area is 161 Å². The molecule has 1 aliphatic heterocycles. The number of hydrogen-bond donors (Lipinski definition) is 3. The number of thioether (sulfide) groups is 1. The number of anilines is 1. The minimum absolute atomic E-state index is 0. The number of thiophene rings is 1. The van der Waals surface area contributed by atoms with Crippen LogP contribution in [0.2, 0.25) is 0 Å². The summed E-state index contributed by atoms with van der Waals surface area (Å²) in [4.78, 5) is 24.0. The van der Waals surface area contributed by atoms with Crippen LogP contribution in [-0.2, 0) is 4.79 Å². The summed E-state index contributed by atoms with van der Waals surface area (Å²) < 4.78 is 1.12. The van der Waals surface area contributed by atoms with Gasteiger partial charge >= 0.3 is 0 Å². The summed E-state index contributed by atoms with van der Waals surface area (Å²) in [5.74, 6) is 0.780. The molecule has 0 bridgehead atoms. The summed E-state index contributed by atoms with van der Waals surface area (Å²) in [5, 5.41) is 10.9. The maximum Gasteiger partial charge on any atom is 0.251 e. The Balaban J connectivity index is 0.00000225. The predicted molar refractivity (Wildman–Crippen MR) is 106 cm³/mol. The van der Waals surface area contributed by atoms with Crippen LogP contribution in [0.15, 0.2) is 46.0 Å². The molecule has 1 aromatic carbocycles. The van der Waals surface area contributed by atoms with E-state index in [1.165, 1.54) is 11.8 Å². The first kappa shape index (κ1) is 19.8. The minimum atomic E-state index is -0.0759. The van der Waals surface area contributed by atoms with E-state index < -0.39 is 0 Å². The van der Waals surface area contributed by atoms with Gasteiger partial charge in [-0.15, -0.1) is 35.5 Å². The van der Waals surface area contributed by atoms with Crippen LogP contribution in [0.1, 0.15) is 10.4 Å². The summed E-state index contributed by atoms with van der Waals surface area (Å²) >= 11 is 3.14. The molecule has 134 valence electrons. The van der Waals surface area contributed by atoms with E-state index in [0.717, 1.165) is 17.3 Å². The molecule has 0 radical (unpaired) electrons. The summed E-state index contributed by atoms with van der Waals surface area (Å²) in [6.45, 7) is 2.63. The van der Waals surface area contributed by atoms with Gasteiger partial charge < -0.3 is 16.0 Å². The number of halogens is 1. The van der Waals surface area contributed by atoms with Crippen LogP contribution in [0.5, 0.6) is 0 Å². The first-order chi connectivity index (χ1) is 11.7. The molecule has 0 saturated carbocycles. The van der Waals surface area contributed by atoms with Crippen LogP contribution in [0.3, 0.4) is 0 Å². The van der Waals surface area contributed by atoms with E-state index in [1.54, 1.807) is 35.6 Å². The van der Waals surface area contributed by atoms with Gasteiger partial charge in [-0.1, -0.05) is 6.07 Å². The van der Waals surface area contributed by atoms with Gasteiger partial charge in [-0.2, -0.15) is 0 Å². The van der Waals surface area contributed by atoms with E-state index in [2.05, 4.69) is 16.0 Å². The molecule has 8 heteroatoms. The summed E-state index contributed by atoms with van der Waals surface area (Å²) in [6, 6.07) is 10.9. The Bertz CT molecular complexity index is 688. The van der Waals surface area contributed by atoms with Gasteiger partial charge in [0.05, 0.1) is 9.96 Å². The highest BCUT2D eigenvalue weighted by Crippen LogP contribution is 2.23. The van der Waals surface area contributed by atoms with Crippen LogP contribution < -0.4 is 16.0 Å². The van der Waals surface area contributed by atoms with Crippen molar-refractivity contribution in [3.63, 3.8) is 0 Å². The number of benzene rings is 1. The molecule has 0 unspecified atom stereocenters. The molecule has 1 saturated heterocycles. The zero-order valence-corrected chi connectivity index (χ0v) is 15.9. The average Bonchev–Trinajstić information content (AvgIpc) is 3.05. The van der Waals surface area contributed by atoms with Crippen molar-refractivity contribution in [3.8, 4) is 0 Å². The molecule has 25 heavy (non-hydrogen) atoms. The highest BCUT2D eigenvalue weighted by molar-refractivity contribution is 8.01. The smallest absolute Gasteiger partial charge is 0.251 e. The van der Waals surface area contributed by atoms with Crippen LogP contribution in [0.4, 0.5) is 5.69 Å². The van der Waals surface area contributed by atoms with E-state index in [0.29, 0.717) is 29.5 Å². The average molecular weight is 398 g/mol. The highest BCUT2D eigenvalue weighted by atomic mass is 35.5. The third-order valence-corrected chi connectivity index (χ3v) is 5.82. The van der Waals surface area contributed by atoms with Crippen molar-refractivity contribution in [1.82, 2.24) is 10.6 Å². The second kappa shape index (κ2) is 9.82. The lowest BCUT2D eigenvalue weighted by Crippen LogP contribution is -2.48. The van der Waals surface area contributed by atoms with Crippen LogP contribution >= 0.6 is 35.5 Å². The number of carbonyl (C=O) groups excluding carboxylic acids is 2. The van der Waals surface area contributed by atoms with Crippen LogP contribution in [0.25, 0.3) is 0 Å². The molecule has 2 heterocycles. The molecule has 0 aliphatic carbocycles. The Kier molecular flexibility index (Phi) is 7.77. The maximum absolute atomic E-state index is 12.0. The fourth-order valence-electron chi connectivity index (χ4n) is 2.22.